The number of rotatable bonds is 16. The molecule has 10 rings (SSSR count). The Morgan fingerprint density at radius 3 is 1.24 bits per heavy atom. The molecule has 0 spiro atoms. The van der Waals surface area contributed by atoms with Gasteiger partial charge in [0.05, 0.1) is 39.5 Å². The van der Waals surface area contributed by atoms with Crippen molar-refractivity contribution >= 4 is 58.1 Å². The summed E-state index contributed by atoms with van der Waals surface area (Å²) >= 11 is 0. The molecule has 0 atom stereocenters. The molecule has 0 radical (unpaired) electrons. The van der Waals surface area contributed by atoms with Crippen LogP contribution in [0.2, 0.25) is 0 Å². The number of carbonyl (C=O) groups excluding carboxylic acids is 5. The first-order valence-corrected chi connectivity index (χ1v) is 28.3. The first-order valence-electron chi connectivity index (χ1n) is 28.3. The topological polar surface area (TPSA) is 203 Å². The summed E-state index contributed by atoms with van der Waals surface area (Å²) in [5, 5.41) is 20.4. The van der Waals surface area contributed by atoms with Crippen LogP contribution < -0.4 is 31.1 Å². The van der Waals surface area contributed by atoms with Crippen molar-refractivity contribution in [3.05, 3.63) is 226 Å². The number of aromatic nitrogens is 2. The highest BCUT2D eigenvalue weighted by Crippen LogP contribution is 2.36. The number of Topliss-reactive ketones (excluding diaryl/α,β-unsaturated/α-hetero) is 1. The number of benzene rings is 6. The van der Waals surface area contributed by atoms with Crippen LogP contribution in [0, 0.1) is 0 Å². The number of hydrogen-bond acceptors (Lipinski definition) is 10. The molecule has 2 aliphatic rings. The Kier molecular flexibility index (Phi) is 19.8. The van der Waals surface area contributed by atoms with Gasteiger partial charge in [0.25, 0.3) is 23.6 Å². The summed E-state index contributed by atoms with van der Waals surface area (Å²) in [6, 6.07) is 39.0. The van der Waals surface area contributed by atoms with Gasteiger partial charge in [0.1, 0.15) is 0 Å². The molecule has 2 aliphatic heterocycles. The van der Waals surface area contributed by atoms with Crippen LogP contribution in [-0.4, -0.2) is 76.6 Å². The van der Waals surface area contributed by atoms with Gasteiger partial charge in [0.15, 0.2) is 5.78 Å². The van der Waals surface area contributed by atoms with E-state index in [1.807, 2.05) is 24.3 Å². The second kappa shape index (κ2) is 27.9. The monoisotopic (exact) mass is 1200 g/mol. The first kappa shape index (κ1) is 62.4. The predicted octanol–water partition coefficient (Wildman–Crippen LogP) is 13.8. The SMILES string of the molecule is CC(=O)c1cccc(C(=O)Nc2ccc(N3CCCCC3)cc2-c2cc(C(=O)NCc3cccc(C(F)(F)F)c3)ccn2)c1.O=C(O)c1cccc(C(=O)Nc2ccc(N3CCCCC3)cc2-c2cc(C(=O)NCc3cccc(C(F)(F)F)c3)ccn2)c1. The number of ketones is 1. The maximum absolute atomic E-state index is 13.3. The molecule has 88 heavy (non-hydrogen) atoms. The number of alkyl halides is 6. The smallest absolute Gasteiger partial charge is 0.416 e. The van der Waals surface area contributed by atoms with Crippen molar-refractivity contribution in [3.63, 3.8) is 0 Å². The van der Waals surface area contributed by atoms with Crippen molar-refractivity contribution < 1.29 is 60.2 Å². The van der Waals surface area contributed by atoms with E-state index in [0.717, 1.165) is 100 Å². The fraction of sp³-hybridized carbons (Fsp3) is 0.224. The number of hydrogen-bond donors (Lipinski definition) is 5. The zero-order chi connectivity index (χ0) is 62.5. The van der Waals surface area contributed by atoms with Crippen LogP contribution in [0.25, 0.3) is 22.5 Å². The van der Waals surface area contributed by atoms with Gasteiger partial charge in [-0.15, -0.1) is 0 Å². The van der Waals surface area contributed by atoms with E-state index >= 15 is 0 Å². The number of nitrogens with zero attached hydrogens (tertiary/aromatic N) is 4. The molecule has 5 N–H and O–H groups in total. The maximum atomic E-state index is 13.3. The van der Waals surface area contributed by atoms with Crippen molar-refractivity contribution in [2.75, 3.05) is 46.6 Å². The summed E-state index contributed by atoms with van der Waals surface area (Å²) in [5.41, 5.74) is 5.12. The van der Waals surface area contributed by atoms with Gasteiger partial charge in [-0.1, -0.05) is 42.5 Å². The highest BCUT2D eigenvalue weighted by atomic mass is 19.4. The number of carboxylic acid groups (broad SMARTS) is 1. The van der Waals surface area contributed by atoms with E-state index in [0.29, 0.717) is 56.1 Å². The van der Waals surface area contributed by atoms with E-state index in [1.54, 1.807) is 42.5 Å². The Balaban J connectivity index is 0.000000209. The third-order valence-corrected chi connectivity index (χ3v) is 14.9. The maximum Gasteiger partial charge on any atom is 0.416 e. The number of nitrogens with one attached hydrogen (secondary N) is 4. The number of carboxylic acids is 1. The van der Waals surface area contributed by atoms with E-state index in [2.05, 4.69) is 41.0 Å². The third kappa shape index (κ3) is 16.2. The number of pyridine rings is 2. The van der Waals surface area contributed by atoms with Crippen molar-refractivity contribution in [1.82, 2.24) is 20.6 Å². The average Bonchev–Trinajstić information content (AvgIpc) is 3.13. The molecular formula is C67H60F6N8O7. The highest BCUT2D eigenvalue weighted by Gasteiger charge is 2.31. The number of carbonyl (C=O) groups is 6. The molecule has 0 saturated carbocycles. The van der Waals surface area contributed by atoms with Crippen molar-refractivity contribution in [2.45, 2.75) is 70.9 Å². The van der Waals surface area contributed by atoms with Crippen LogP contribution in [0.1, 0.15) is 130 Å². The van der Waals surface area contributed by atoms with Gasteiger partial charge in [-0.05, 0) is 172 Å². The van der Waals surface area contributed by atoms with Gasteiger partial charge in [-0.3, -0.25) is 33.9 Å². The normalized spacial score (nSPS) is 13.3. The average molecular weight is 1200 g/mol. The molecule has 2 fully saturated rings. The van der Waals surface area contributed by atoms with Crippen LogP contribution in [0.4, 0.5) is 49.1 Å². The number of aromatic carboxylic acids is 1. The molecule has 4 heterocycles. The van der Waals surface area contributed by atoms with Gasteiger partial charge >= 0.3 is 18.3 Å². The van der Waals surface area contributed by atoms with Crippen LogP contribution >= 0.6 is 0 Å². The minimum absolute atomic E-state index is 0.0242. The summed E-state index contributed by atoms with van der Waals surface area (Å²) in [7, 11) is 0. The van der Waals surface area contributed by atoms with Crippen molar-refractivity contribution in [2.24, 2.45) is 0 Å². The van der Waals surface area contributed by atoms with E-state index in [1.165, 1.54) is 86.0 Å². The molecule has 0 bridgehead atoms. The molecule has 2 aromatic heterocycles. The fourth-order valence-corrected chi connectivity index (χ4v) is 10.2. The quantitative estimate of drug-likeness (QED) is 0.0455. The Hall–Kier alpha value is -10.2. The molecule has 15 nitrogen and oxygen atoms in total. The van der Waals surface area contributed by atoms with Crippen LogP contribution in [0.3, 0.4) is 0 Å². The Morgan fingerprint density at radius 2 is 0.830 bits per heavy atom. The lowest BCUT2D eigenvalue weighted by molar-refractivity contribution is -0.138. The second-order valence-corrected chi connectivity index (χ2v) is 21.1. The minimum atomic E-state index is -4.49. The van der Waals surface area contributed by atoms with E-state index in [9.17, 15) is 60.2 Å². The zero-order valence-electron chi connectivity index (χ0n) is 47.6. The number of amides is 4. The molecule has 6 aromatic carbocycles. The minimum Gasteiger partial charge on any atom is -0.478 e. The van der Waals surface area contributed by atoms with Crippen LogP contribution in [0.5, 0.6) is 0 Å². The lowest BCUT2D eigenvalue weighted by Gasteiger charge is -2.29. The molecule has 8 aromatic rings. The Labute approximate surface area is 502 Å². The second-order valence-electron chi connectivity index (χ2n) is 21.1. The van der Waals surface area contributed by atoms with Crippen molar-refractivity contribution in [1.29, 1.82) is 0 Å². The summed E-state index contributed by atoms with van der Waals surface area (Å²) in [4.78, 5) is 89.2. The highest BCUT2D eigenvalue weighted by molar-refractivity contribution is 6.09. The zero-order valence-corrected chi connectivity index (χ0v) is 47.6. The van der Waals surface area contributed by atoms with Gasteiger partial charge in [-0.2, -0.15) is 26.3 Å². The van der Waals surface area contributed by atoms with E-state index in [-0.39, 0.29) is 41.1 Å². The molecule has 4 amide bonds. The predicted molar refractivity (Wildman–Crippen MR) is 322 cm³/mol. The molecule has 0 unspecified atom stereocenters. The number of anilines is 4. The van der Waals surface area contributed by atoms with Crippen LogP contribution in [-0.2, 0) is 25.4 Å². The molecule has 0 aliphatic carbocycles. The summed E-state index contributed by atoms with van der Waals surface area (Å²) in [5.74, 6) is -3.22. The number of halogens is 6. The summed E-state index contributed by atoms with van der Waals surface area (Å²) in [6.07, 6.45) is 0.498. The van der Waals surface area contributed by atoms with Crippen LogP contribution in [0.15, 0.2) is 170 Å². The van der Waals surface area contributed by atoms with E-state index < -0.39 is 53.1 Å². The summed E-state index contributed by atoms with van der Waals surface area (Å²) in [6.45, 7) is 4.77. The Morgan fingerprint density at radius 1 is 0.443 bits per heavy atom. The fourth-order valence-electron chi connectivity index (χ4n) is 10.2. The molecule has 452 valence electrons. The number of piperidine rings is 2. The van der Waals surface area contributed by atoms with Crippen molar-refractivity contribution in [3.8, 4) is 22.5 Å². The van der Waals surface area contributed by atoms with Gasteiger partial charge in [0.2, 0.25) is 0 Å². The molecule has 2 saturated heterocycles. The van der Waals surface area contributed by atoms with Gasteiger partial charge < -0.3 is 36.2 Å². The lowest BCUT2D eigenvalue weighted by Crippen LogP contribution is -2.29. The Bertz CT molecular complexity index is 3650. The lowest BCUT2D eigenvalue weighted by atomic mass is 10.0. The third-order valence-electron chi connectivity index (χ3n) is 14.9. The largest absolute Gasteiger partial charge is 0.478 e. The first-order chi connectivity index (χ1) is 42.2. The van der Waals surface area contributed by atoms with Gasteiger partial charge in [0, 0.05) is 102 Å². The standard InChI is InChI=1S/C34H31F3N4O3.C33H29F3N4O4/c1-22(42)24-8-6-9-25(18-24)33(44)40-30-12-11-28(41-15-3-2-4-16-41)20-29(30)31-19-26(13-14-38-31)32(43)39-21-23-7-5-10-27(17-23)34(35,36)37;34-33(35,36)25-9-4-6-21(16-25)20-38-30(41)23-12-13-37-29(18-23)27-19-26(40-14-2-1-3-15-40)10-11-28(27)39-31(42)22-7-5-8-24(17-22)32(43)44/h5-14,17-20H,2-4,15-16,21H2,1H3,(H,39,43)(H,40,44);4-13,16-19H,1-3,14-15,20H2,(H,38,41)(H,39,42)(H,43,44). The molecule has 21 heteroatoms. The summed E-state index contributed by atoms with van der Waals surface area (Å²) < 4.78 is 78.6. The molecular weight excluding hydrogens is 1140 g/mol. The van der Waals surface area contributed by atoms with Gasteiger partial charge in [-0.25, -0.2) is 4.79 Å². The van der Waals surface area contributed by atoms with E-state index in [4.69, 9.17) is 0 Å².